The van der Waals surface area contributed by atoms with Crippen LogP contribution in [0.15, 0.2) is 514 Å². The van der Waals surface area contributed by atoms with Crippen LogP contribution in [0.5, 0.6) is 0 Å². The van der Waals surface area contributed by atoms with Gasteiger partial charge in [0.05, 0.1) is 32.7 Å². The van der Waals surface area contributed by atoms with E-state index >= 15 is 0 Å². The zero-order valence-electron chi connectivity index (χ0n) is 72.8. The van der Waals surface area contributed by atoms with Crippen molar-refractivity contribution in [2.45, 2.75) is 163 Å². The Bertz CT molecular complexity index is 6240. The molecule has 0 fully saturated rings. The zero-order valence-corrected chi connectivity index (χ0v) is 76.9. The standard InChI is InChI=1S/C30H39S.C26H19S.C22H17S.C22H23S.C18H13S/c1-28(2,3)22-10-16-25(17-11-22)31(26-18-12-23(13-19-26)29(4,5)6)27-20-14-24(15-21-27)30(7,8)9;1-2-14-22(15-3-1)27(25-18-8-12-20-10-4-6-16-23(20)25)26-19-9-13-21-11-5-7-17-24(21)26;1-3-12-19(13-4-1)23(20-14-5-2-6-15-20)22-17-9-11-18-10-7-8-16-21(18)22;1-22(2,3)18-14-16-21(17-15-18)23(19-10-6-4-7-11-19)20-12-8-5-9-13-20;1-2-8-14(9-3-1)19-17-12-6-4-10-15(17)16-11-5-7-13-18(16)19/h10-21H,1-9H3;1-19H;1-17H;4-17H,1-3H3;1-13H/q5*+1. The van der Waals surface area contributed by atoms with Gasteiger partial charge in [-0.05, 0) is 242 Å². The van der Waals surface area contributed by atoms with E-state index in [4.69, 9.17) is 0 Å². The highest BCUT2D eigenvalue weighted by Gasteiger charge is 2.36. The van der Waals surface area contributed by atoms with E-state index in [1.807, 2.05) is 0 Å². The molecule has 1 heterocycles. The molecule has 0 bridgehead atoms. The van der Waals surface area contributed by atoms with Crippen molar-refractivity contribution in [3.8, 4) is 4.90 Å². The van der Waals surface area contributed by atoms with Gasteiger partial charge in [-0.3, -0.25) is 0 Å². The van der Waals surface area contributed by atoms with E-state index < -0.39 is 0 Å². The lowest BCUT2D eigenvalue weighted by atomic mass is 9.87. The number of thiophene rings is 1. The summed E-state index contributed by atoms with van der Waals surface area (Å²) in [6, 6.07) is 166. The fraction of sp³-hybridized carbons (Fsp3) is 0.136. The molecule has 0 saturated carbocycles. The highest BCUT2D eigenvalue weighted by Crippen LogP contribution is 2.49. The van der Waals surface area contributed by atoms with Crippen LogP contribution < -0.4 is 0 Å². The normalized spacial score (nSPS) is 11.7. The number of hydrogen-bond donors (Lipinski definition) is 0. The van der Waals surface area contributed by atoms with E-state index in [2.05, 4.69) is 538 Å². The van der Waals surface area contributed by atoms with Gasteiger partial charge < -0.3 is 0 Å². The van der Waals surface area contributed by atoms with Gasteiger partial charge in [0.1, 0.15) is 10.9 Å². The number of fused-ring (bicyclic) bond motifs is 6. The molecule has 608 valence electrons. The van der Waals surface area contributed by atoms with Crippen molar-refractivity contribution in [3.05, 3.63) is 477 Å². The van der Waals surface area contributed by atoms with E-state index in [1.54, 1.807) is 0 Å². The molecule has 0 N–H and O–H groups in total. The van der Waals surface area contributed by atoms with E-state index in [0.717, 1.165) is 0 Å². The van der Waals surface area contributed by atoms with Gasteiger partial charge in [-0.1, -0.05) is 356 Å². The quantitative estimate of drug-likeness (QED) is 0.101. The first-order valence-corrected chi connectivity index (χ1v) is 48.8. The van der Waals surface area contributed by atoms with Crippen LogP contribution in [0.3, 0.4) is 0 Å². The van der Waals surface area contributed by atoms with Crippen molar-refractivity contribution in [2.75, 3.05) is 0 Å². The first-order chi connectivity index (χ1) is 59.6. The van der Waals surface area contributed by atoms with Crippen molar-refractivity contribution >= 4 is 107 Å². The molecule has 1 aromatic heterocycles. The van der Waals surface area contributed by atoms with Crippen molar-refractivity contribution in [3.63, 3.8) is 0 Å². The Morgan fingerprint density at radius 2 is 0.350 bits per heavy atom. The molecule has 19 aromatic rings. The predicted molar refractivity (Wildman–Crippen MR) is 539 cm³/mol. The minimum atomic E-state index is -0.164. The maximum Gasteiger partial charge on any atom is 0.187 e. The van der Waals surface area contributed by atoms with Gasteiger partial charge in [0.2, 0.25) is 0 Å². The summed E-state index contributed by atoms with van der Waals surface area (Å²) in [4.78, 5) is 17.8. The number of hydrogen-bond acceptors (Lipinski definition) is 0. The van der Waals surface area contributed by atoms with Crippen LogP contribution in [0.4, 0.5) is 0 Å². The Morgan fingerprint density at radius 1 is 0.154 bits per heavy atom. The van der Waals surface area contributed by atoms with Crippen molar-refractivity contribution in [1.29, 1.82) is 0 Å². The fourth-order valence-corrected chi connectivity index (χ4v) is 26.7. The molecule has 0 aliphatic carbocycles. The largest absolute Gasteiger partial charge is 0.187 e. The Morgan fingerprint density at radius 3 is 0.618 bits per heavy atom. The summed E-state index contributed by atoms with van der Waals surface area (Å²) in [6.45, 7) is 27.3. The molecule has 5 heteroatoms. The second kappa shape index (κ2) is 39.3. The van der Waals surface area contributed by atoms with Crippen molar-refractivity contribution in [1.82, 2.24) is 0 Å². The van der Waals surface area contributed by atoms with Crippen LogP contribution in [0.2, 0.25) is 0 Å². The summed E-state index contributed by atoms with van der Waals surface area (Å²) in [5.74, 6) is 0. The monoisotopic (exact) mass is 1690 g/mol. The summed E-state index contributed by atoms with van der Waals surface area (Å²) < 4.78 is 2.91. The molecule has 0 aliphatic heterocycles. The van der Waals surface area contributed by atoms with Crippen molar-refractivity contribution in [2.24, 2.45) is 0 Å². The second-order valence-electron chi connectivity index (χ2n) is 34.9. The molecule has 0 aliphatic rings. The van der Waals surface area contributed by atoms with Crippen molar-refractivity contribution < 1.29 is 0 Å². The molecule has 0 saturated heterocycles. The number of rotatable bonds is 13. The average molecular weight is 1690 g/mol. The molecule has 0 unspecified atom stereocenters. The minimum absolute atomic E-state index is 0.0497. The molecule has 0 spiro atoms. The summed E-state index contributed by atoms with van der Waals surface area (Å²) in [7, 11) is -0.363. The van der Waals surface area contributed by atoms with Gasteiger partial charge in [-0.15, -0.1) is 0 Å². The zero-order chi connectivity index (χ0) is 85.5. The van der Waals surface area contributed by atoms with E-state index in [0.29, 0.717) is 0 Å². The average Bonchev–Trinajstić information content (AvgIpc) is 1.59. The van der Waals surface area contributed by atoms with Gasteiger partial charge in [-0.25, -0.2) is 0 Å². The predicted octanol–water partition coefficient (Wildman–Crippen LogP) is 33.5. The van der Waals surface area contributed by atoms with Gasteiger partial charge in [-0.2, -0.15) is 0 Å². The van der Waals surface area contributed by atoms with Crippen LogP contribution in [0.1, 0.15) is 105 Å². The Labute approximate surface area is 745 Å². The highest BCUT2D eigenvalue weighted by atomic mass is 32.2. The molecular formula is C118H111S5+5. The maximum atomic E-state index is 2.33. The lowest BCUT2D eigenvalue weighted by Gasteiger charge is -2.21. The van der Waals surface area contributed by atoms with Crippen LogP contribution in [-0.4, -0.2) is 0 Å². The molecule has 123 heavy (non-hydrogen) atoms. The molecule has 0 atom stereocenters. The summed E-state index contributed by atoms with van der Waals surface area (Å²) in [5, 5.41) is 10.7. The van der Waals surface area contributed by atoms with Gasteiger partial charge >= 0.3 is 0 Å². The van der Waals surface area contributed by atoms with Crippen LogP contribution in [0, 0.1) is 0 Å². The van der Waals surface area contributed by atoms with Crippen LogP contribution >= 0.6 is 10.5 Å². The van der Waals surface area contributed by atoms with Gasteiger partial charge in [0.15, 0.2) is 73.0 Å². The molecule has 0 radical (unpaired) electrons. The smallest absolute Gasteiger partial charge is 0.0619 e. The lowest BCUT2D eigenvalue weighted by Crippen LogP contribution is -2.13. The molecular weight excluding hydrogens is 1580 g/mol. The second-order valence-corrected chi connectivity index (χ2v) is 44.9. The Kier molecular flexibility index (Phi) is 27.5. The first-order valence-electron chi connectivity index (χ1n) is 42.7. The summed E-state index contributed by atoms with van der Waals surface area (Å²) >= 11 is 0. The Hall–Kier alpha value is -11.6. The molecule has 0 nitrogen and oxygen atoms in total. The molecule has 19 rings (SSSR count). The van der Waals surface area contributed by atoms with Crippen LogP contribution in [0.25, 0.3) is 57.4 Å². The van der Waals surface area contributed by atoms with E-state index in [9.17, 15) is 0 Å². The Balaban J connectivity index is 0.000000120. The molecule has 0 amide bonds. The third kappa shape index (κ3) is 20.8. The van der Waals surface area contributed by atoms with Gasteiger partial charge in [0, 0.05) is 37.4 Å². The van der Waals surface area contributed by atoms with Gasteiger partial charge in [0.25, 0.3) is 0 Å². The topological polar surface area (TPSA) is 0 Å². The SMILES string of the molecule is CC(C)(C)c1ccc([S+](c2ccc(C(C)(C)C)cc2)c2ccc(C(C)(C)C)cc2)cc1.CC(C)(C)c1ccc([S+](c2ccccc2)c2ccccc2)cc1.c1ccc(-[s+]2c3ccccc3c3ccccc32)cc1.c1ccc([S+](c2cccc3ccccc23)c2cccc3ccccc23)cc1.c1ccc([S+](c2ccccc2)c2cccc3ccccc23)cc1. The summed E-state index contributed by atoms with van der Waals surface area (Å²) in [5.41, 5.74) is 6.21. The first kappa shape index (κ1) is 86.3. The fourth-order valence-electron chi connectivity index (χ4n) is 15.5. The molecule has 18 aromatic carbocycles. The minimum Gasteiger partial charge on any atom is -0.0619 e. The lowest BCUT2D eigenvalue weighted by molar-refractivity contribution is 0.589. The van der Waals surface area contributed by atoms with E-state index in [1.165, 1.54) is 138 Å². The maximum absolute atomic E-state index is 2.33. The third-order valence-electron chi connectivity index (χ3n) is 22.1. The third-order valence-corrected chi connectivity index (χ3v) is 33.5. The number of benzene rings is 18. The summed E-state index contributed by atoms with van der Waals surface area (Å²) in [6.07, 6.45) is 0. The van der Waals surface area contributed by atoms with E-state index in [-0.39, 0.29) is 75.7 Å². The highest BCUT2D eigenvalue weighted by molar-refractivity contribution is 7.98. The van der Waals surface area contributed by atoms with Crippen LogP contribution in [-0.2, 0) is 65.2 Å².